The number of ether oxygens (including phenoxy) is 9. The molecule has 3 heterocycles. The van der Waals surface area contributed by atoms with Crippen molar-refractivity contribution in [2.45, 2.75) is 249 Å². The molecule has 0 aromatic rings. The summed E-state index contributed by atoms with van der Waals surface area (Å²) in [6.07, 6.45) is 1.35. The smallest absolute Gasteiger partial charge is 0.222 e. The van der Waals surface area contributed by atoms with E-state index in [4.69, 9.17) is 42.6 Å². The van der Waals surface area contributed by atoms with Gasteiger partial charge in [0, 0.05) is 107 Å². The van der Waals surface area contributed by atoms with Crippen LogP contribution in [0.25, 0.3) is 0 Å². The molecule has 25 nitrogen and oxygen atoms in total. The van der Waals surface area contributed by atoms with Crippen molar-refractivity contribution in [2.75, 3.05) is 98.9 Å². The molecule has 3 saturated heterocycles. The Hall–Kier alpha value is -2.61. The molecule has 15 atom stereocenters. The fraction of sp³-hybridized carbons (Fsp3) is 0.921. The topological polar surface area (TPSA) is 375 Å². The van der Waals surface area contributed by atoms with Crippen LogP contribution in [0, 0.1) is 23.2 Å². The van der Waals surface area contributed by atoms with Crippen LogP contribution in [0.5, 0.6) is 0 Å². The summed E-state index contributed by atoms with van der Waals surface area (Å²) in [5.74, 6) is -1.12. The number of hydrogen-bond donors (Lipinski definition) is 11. The molecule has 0 bridgehead atoms. The Balaban J connectivity index is 1.28. The number of nitrogens with one attached hydrogen (secondary N) is 2. The number of aliphatic hydroxyl groups is 9. The average molecular weight is 1270 g/mol. The molecular weight excluding hydrogens is 1150 g/mol. The molecule has 3 rings (SSSR count). The summed E-state index contributed by atoms with van der Waals surface area (Å²) < 4.78 is 52.0. The largest absolute Gasteiger partial charge is 0.394 e. The predicted molar refractivity (Wildman–Crippen MR) is 321 cm³/mol. The van der Waals surface area contributed by atoms with Crippen LogP contribution < -0.4 is 10.6 Å². The molecule has 0 radical (unpaired) electrons. The molecule has 11 N–H and O–H groups in total. The van der Waals surface area contributed by atoms with E-state index in [9.17, 15) is 69.9 Å². The molecule has 0 aromatic heterocycles. The molecule has 0 saturated carbocycles. The van der Waals surface area contributed by atoms with Gasteiger partial charge in [-0.25, -0.2) is 0 Å². The van der Waals surface area contributed by atoms with Crippen LogP contribution in [-0.2, 0) is 66.6 Å². The molecule has 15 unspecified atom stereocenters. The predicted octanol–water partition coefficient (Wildman–Crippen LogP) is 2.27. The number of hydrogen-bond acceptors (Lipinski definition) is 24. The Bertz CT molecular complexity index is 1800. The van der Waals surface area contributed by atoms with E-state index in [1.54, 1.807) is 20.8 Å². The molecule has 25 heteroatoms. The van der Waals surface area contributed by atoms with Crippen molar-refractivity contribution in [2.24, 2.45) is 23.2 Å². The number of amides is 1. The summed E-state index contributed by atoms with van der Waals surface area (Å²) in [5, 5.41) is 95.3. The molecule has 88 heavy (non-hydrogen) atoms. The van der Waals surface area contributed by atoms with Crippen LogP contribution in [0.1, 0.15) is 175 Å². The number of carbonyl (C=O) groups excluding carboxylic acids is 5. The monoisotopic (exact) mass is 1270 g/mol. The van der Waals surface area contributed by atoms with Gasteiger partial charge in [-0.1, -0.05) is 40.5 Å². The third-order valence-corrected chi connectivity index (χ3v) is 16.7. The van der Waals surface area contributed by atoms with E-state index in [2.05, 4.69) is 10.6 Å². The Kier molecular flexibility index (Phi) is 42.0. The van der Waals surface area contributed by atoms with Gasteiger partial charge < -0.3 is 99.2 Å². The Morgan fingerprint density at radius 2 is 0.682 bits per heavy atom. The SMILES string of the molecule is CC1C(OCCCCCNCCCNC(=O)CCOCC(C)(COCCC(=O)CCCCCC(=O)CCCCOC2OC(CO)C(O)C(O)C2C)COCCC(=O)CCCCCC(=O)CCCCOC2OC(CO)C(O)C(O)C2C)OC(CO)C(O)C1O. The second-order valence-electron chi connectivity index (χ2n) is 24.7. The molecular formula is C63H114N2O23. The normalized spacial score (nSPS) is 28.1. The van der Waals surface area contributed by atoms with Gasteiger partial charge in [0.15, 0.2) is 18.9 Å². The highest BCUT2D eigenvalue weighted by Crippen LogP contribution is 2.30. The van der Waals surface area contributed by atoms with Crippen LogP contribution in [0.15, 0.2) is 0 Å². The van der Waals surface area contributed by atoms with Gasteiger partial charge >= 0.3 is 0 Å². The first-order chi connectivity index (χ1) is 42.2. The summed E-state index contributed by atoms with van der Waals surface area (Å²) in [5.41, 5.74) is -0.651. The minimum absolute atomic E-state index is 0.0576. The van der Waals surface area contributed by atoms with Crippen molar-refractivity contribution in [3.8, 4) is 0 Å². The van der Waals surface area contributed by atoms with Crippen molar-refractivity contribution in [1.82, 2.24) is 10.6 Å². The van der Waals surface area contributed by atoms with E-state index in [1.807, 2.05) is 6.92 Å². The highest BCUT2D eigenvalue weighted by Gasteiger charge is 2.44. The Morgan fingerprint density at radius 3 is 1.05 bits per heavy atom. The zero-order valence-corrected chi connectivity index (χ0v) is 53.3. The maximum absolute atomic E-state index is 12.8. The van der Waals surface area contributed by atoms with Gasteiger partial charge in [-0.3, -0.25) is 24.0 Å². The van der Waals surface area contributed by atoms with Crippen molar-refractivity contribution in [1.29, 1.82) is 0 Å². The summed E-state index contributed by atoms with van der Waals surface area (Å²) in [6, 6.07) is 0. The maximum Gasteiger partial charge on any atom is 0.222 e. The molecule has 514 valence electrons. The van der Waals surface area contributed by atoms with Crippen LogP contribution >= 0.6 is 0 Å². The van der Waals surface area contributed by atoms with Gasteiger partial charge in [0.05, 0.1) is 77.8 Å². The Morgan fingerprint density at radius 1 is 0.375 bits per heavy atom. The summed E-state index contributed by atoms with van der Waals surface area (Å²) in [7, 11) is 0. The van der Waals surface area contributed by atoms with E-state index in [0.717, 1.165) is 51.6 Å². The van der Waals surface area contributed by atoms with Gasteiger partial charge in [0.1, 0.15) is 59.8 Å². The fourth-order valence-electron chi connectivity index (χ4n) is 10.6. The van der Waals surface area contributed by atoms with Crippen LogP contribution in [0.2, 0.25) is 0 Å². The molecule has 0 aromatic carbocycles. The first-order valence-corrected chi connectivity index (χ1v) is 32.7. The van der Waals surface area contributed by atoms with Crippen molar-refractivity contribution in [3.63, 3.8) is 0 Å². The number of aliphatic hydroxyl groups excluding tert-OH is 9. The lowest BCUT2D eigenvalue weighted by molar-refractivity contribution is -0.282. The molecule has 3 aliphatic heterocycles. The van der Waals surface area contributed by atoms with Gasteiger partial charge in [-0.2, -0.15) is 0 Å². The summed E-state index contributed by atoms with van der Waals surface area (Å²) in [4.78, 5) is 63.2. The number of ketones is 4. The summed E-state index contributed by atoms with van der Waals surface area (Å²) in [6.45, 7) is 10.1. The highest BCUT2D eigenvalue weighted by molar-refractivity contribution is 5.79. The first-order valence-electron chi connectivity index (χ1n) is 32.7. The van der Waals surface area contributed by atoms with Crippen molar-refractivity contribution in [3.05, 3.63) is 0 Å². The van der Waals surface area contributed by atoms with Gasteiger partial charge in [-0.15, -0.1) is 0 Å². The van der Waals surface area contributed by atoms with E-state index in [-0.39, 0.29) is 87.9 Å². The zero-order valence-electron chi connectivity index (χ0n) is 53.3. The zero-order chi connectivity index (χ0) is 64.7. The summed E-state index contributed by atoms with van der Waals surface area (Å²) >= 11 is 0. The van der Waals surface area contributed by atoms with Gasteiger partial charge in [-0.05, 0) is 90.1 Å². The van der Waals surface area contributed by atoms with Crippen LogP contribution in [-0.4, -0.2) is 248 Å². The quantitative estimate of drug-likeness (QED) is 0.0389. The van der Waals surface area contributed by atoms with Crippen LogP contribution in [0.3, 0.4) is 0 Å². The van der Waals surface area contributed by atoms with Crippen molar-refractivity contribution >= 4 is 29.0 Å². The number of Topliss-reactive ketones (excluding diaryl/α,β-unsaturated/α-hetero) is 4. The number of carbonyl (C=O) groups is 5. The second-order valence-corrected chi connectivity index (χ2v) is 24.7. The first kappa shape index (κ1) is 79.6. The average Bonchev–Trinajstić information content (AvgIpc) is 3.13. The number of rotatable bonds is 53. The molecule has 3 fully saturated rings. The van der Waals surface area contributed by atoms with E-state index in [0.29, 0.717) is 116 Å². The highest BCUT2D eigenvalue weighted by atomic mass is 16.7. The molecule has 0 spiro atoms. The van der Waals surface area contributed by atoms with Gasteiger partial charge in [0.25, 0.3) is 0 Å². The lowest BCUT2D eigenvalue weighted by atomic mass is 9.92. The number of unbranched alkanes of at least 4 members (excludes halogenated alkanes) is 8. The fourth-order valence-corrected chi connectivity index (χ4v) is 10.6. The van der Waals surface area contributed by atoms with Gasteiger partial charge in [0.2, 0.25) is 5.91 Å². The molecule has 3 aliphatic rings. The third-order valence-electron chi connectivity index (χ3n) is 16.7. The Labute approximate surface area is 521 Å². The lowest BCUT2D eigenvalue weighted by Gasteiger charge is -2.40. The third kappa shape index (κ3) is 31.8. The van der Waals surface area contributed by atoms with E-state index < -0.39 is 117 Å². The molecule has 1 amide bonds. The van der Waals surface area contributed by atoms with E-state index in [1.165, 1.54) is 0 Å². The van der Waals surface area contributed by atoms with E-state index >= 15 is 0 Å². The lowest BCUT2D eigenvalue weighted by Crippen LogP contribution is -2.55. The molecule has 0 aliphatic carbocycles. The standard InChI is InChI=1S/C63H114N2O23/c1-43-54(74)57(77)50(37-66)86-60(43)83-31-15-7-14-28-64-29-18-30-65-53(73)27-36-82-42-63(4,40-80-34-25-48(71)21-10-5-8-19-46(69)23-12-16-32-84-61-44(2)55(75)58(78)51(38-67)87-61)41-81-35-26-49(72)22-11-6-9-20-47(70)24-13-17-33-85-62-45(3)56(76)59(79)52(39-68)88-62/h43-45,50-52,54-62,64,66-68,74-79H,5-42H2,1-4H3,(H,65,73). The minimum Gasteiger partial charge on any atom is -0.394 e. The second kappa shape index (κ2) is 46.5. The van der Waals surface area contributed by atoms with Crippen molar-refractivity contribution < 1.29 is 113 Å². The maximum atomic E-state index is 12.8. The van der Waals surface area contributed by atoms with Crippen LogP contribution in [0.4, 0.5) is 0 Å². The minimum atomic E-state index is -1.19.